The lowest BCUT2D eigenvalue weighted by Gasteiger charge is -2.38. The van der Waals surface area contributed by atoms with E-state index in [-0.39, 0.29) is 5.91 Å². The summed E-state index contributed by atoms with van der Waals surface area (Å²) < 4.78 is 1.20. The number of nitrogens with zero attached hydrogens (tertiary/aromatic N) is 2. The number of benzene rings is 2. The molecule has 1 amide bonds. The van der Waals surface area contributed by atoms with Crippen LogP contribution in [-0.4, -0.2) is 29.9 Å². The van der Waals surface area contributed by atoms with Gasteiger partial charge in [0.2, 0.25) is 5.91 Å². The topological polar surface area (TPSA) is 23.6 Å². The summed E-state index contributed by atoms with van der Waals surface area (Å²) in [4.78, 5) is 17.1. The van der Waals surface area contributed by atoms with Gasteiger partial charge in [0.25, 0.3) is 0 Å². The molecule has 0 atom stereocenters. The van der Waals surface area contributed by atoms with E-state index in [2.05, 4.69) is 82.1 Å². The van der Waals surface area contributed by atoms with Crippen LogP contribution in [0, 0.1) is 3.57 Å². The quantitative estimate of drug-likeness (QED) is 0.620. The molecular formula is C21H25IN2O. The monoisotopic (exact) mass is 448 g/mol. The van der Waals surface area contributed by atoms with Crippen LogP contribution >= 0.6 is 22.6 Å². The minimum atomic E-state index is 0.225. The van der Waals surface area contributed by atoms with Crippen LogP contribution in [0.1, 0.15) is 31.7 Å². The Morgan fingerprint density at radius 2 is 1.72 bits per heavy atom. The predicted molar refractivity (Wildman–Crippen MR) is 112 cm³/mol. The molecule has 2 aromatic carbocycles. The first-order valence-electron chi connectivity index (χ1n) is 9.01. The minimum absolute atomic E-state index is 0.225. The van der Waals surface area contributed by atoms with Gasteiger partial charge in [0.1, 0.15) is 0 Å². The third-order valence-corrected chi connectivity index (χ3v) is 5.57. The van der Waals surface area contributed by atoms with Crippen LogP contribution in [0.25, 0.3) is 0 Å². The van der Waals surface area contributed by atoms with Crippen molar-refractivity contribution in [3.05, 3.63) is 63.7 Å². The molecule has 0 unspecified atom stereocenters. The van der Waals surface area contributed by atoms with Crippen LogP contribution in [0.15, 0.2) is 54.6 Å². The SMILES string of the molecule is CCC(=O)N(c1ccc(I)cc1)C1CCN(Cc2ccccc2)CC1. The highest BCUT2D eigenvalue weighted by molar-refractivity contribution is 14.1. The average Bonchev–Trinajstić information content (AvgIpc) is 2.65. The number of hydrogen-bond donors (Lipinski definition) is 0. The van der Waals surface area contributed by atoms with Gasteiger partial charge >= 0.3 is 0 Å². The highest BCUT2D eigenvalue weighted by Gasteiger charge is 2.28. The van der Waals surface area contributed by atoms with Crippen LogP contribution < -0.4 is 4.90 Å². The molecule has 3 rings (SSSR count). The number of carbonyl (C=O) groups excluding carboxylic acids is 1. The van der Waals surface area contributed by atoms with Gasteiger partial charge in [0, 0.05) is 41.4 Å². The van der Waals surface area contributed by atoms with Gasteiger partial charge in [-0.05, 0) is 65.3 Å². The number of anilines is 1. The Balaban J connectivity index is 1.66. The van der Waals surface area contributed by atoms with Gasteiger partial charge < -0.3 is 4.90 Å². The Kier molecular flexibility index (Phi) is 6.48. The maximum Gasteiger partial charge on any atom is 0.226 e. The normalized spacial score (nSPS) is 15.9. The molecule has 1 aliphatic rings. The van der Waals surface area contributed by atoms with E-state index in [1.807, 2.05) is 11.8 Å². The van der Waals surface area contributed by atoms with E-state index < -0.39 is 0 Å². The van der Waals surface area contributed by atoms with Crippen molar-refractivity contribution in [3.8, 4) is 0 Å². The summed E-state index contributed by atoms with van der Waals surface area (Å²) >= 11 is 2.30. The fraction of sp³-hybridized carbons (Fsp3) is 0.381. The molecule has 4 heteroatoms. The molecule has 1 heterocycles. The molecule has 1 fully saturated rings. The fourth-order valence-corrected chi connectivity index (χ4v) is 3.87. The molecule has 3 nitrogen and oxygen atoms in total. The molecule has 0 bridgehead atoms. The lowest BCUT2D eigenvalue weighted by atomic mass is 10.0. The summed E-state index contributed by atoms with van der Waals surface area (Å²) in [5.41, 5.74) is 2.40. The third-order valence-electron chi connectivity index (χ3n) is 4.85. The van der Waals surface area contributed by atoms with Crippen LogP contribution in [0.5, 0.6) is 0 Å². The van der Waals surface area contributed by atoms with Crippen LogP contribution in [0.3, 0.4) is 0 Å². The van der Waals surface area contributed by atoms with Crippen molar-refractivity contribution >= 4 is 34.2 Å². The molecule has 0 aromatic heterocycles. The van der Waals surface area contributed by atoms with E-state index in [9.17, 15) is 4.79 Å². The first-order chi connectivity index (χ1) is 12.2. The van der Waals surface area contributed by atoms with E-state index in [0.717, 1.165) is 38.2 Å². The van der Waals surface area contributed by atoms with Crippen molar-refractivity contribution < 1.29 is 4.79 Å². The Morgan fingerprint density at radius 1 is 1.08 bits per heavy atom. The second-order valence-corrected chi connectivity index (χ2v) is 7.83. The lowest BCUT2D eigenvalue weighted by molar-refractivity contribution is -0.119. The van der Waals surface area contributed by atoms with Gasteiger partial charge in [-0.3, -0.25) is 9.69 Å². The number of hydrogen-bond acceptors (Lipinski definition) is 2. The zero-order chi connectivity index (χ0) is 17.6. The highest BCUT2D eigenvalue weighted by atomic mass is 127. The Labute approximate surface area is 164 Å². The predicted octanol–water partition coefficient (Wildman–Crippen LogP) is 4.70. The highest BCUT2D eigenvalue weighted by Crippen LogP contribution is 2.26. The van der Waals surface area contributed by atoms with E-state index in [1.54, 1.807) is 0 Å². The summed E-state index contributed by atoms with van der Waals surface area (Å²) in [6, 6.07) is 19.2. The summed E-state index contributed by atoms with van der Waals surface area (Å²) in [7, 11) is 0. The molecule has 1 aliphatic heterocycles. The first kappa shape index (κ1) is 18.4. The number of amides is 1. The van der Waals surface area contributed by atoms with E-state index in [0.29, 0.717) is 12.5 Å². The maximum absolute atomic E-state index is 12.6. The largest absolute Gasteiger partial charge is 0.309 e. The van der Waals surface area contributed by atoms with Gasteiger partial charge in [-0.15, -0.1) is 0 Å². The number of likely N-dealkylation sites (tertiary alicyclic amines) is 1. The van der Waals surface area contributed by atoms with E-state index in [1.165, 1.54) is 9.13 Å². The number of carbonyl (C=O) groups is 1. The molecule has 0 saturated carbocycles. The summed E-state index contributed by atoms with van der Waals surface area (Å²) in [5, 5.41) is 0. The second-order valence-electron chi connectivity index (χ2n) is 6.59. The average molecular weight is 448 g/mol. The molecule has 2 aromatic rings. The molecule has 1 saturated heterocycles. The first-order valence-corrected chi connectivity index (χ1v) is 10.1. The standard InChI is InChI=1S/C21H25IN2O/c1-2-21(25)24(19-10-8-18(22)9-11-19)20-12-14-23(15-13-20)16-17-6-4-3-5-7-17/h3-11,20H,2,12-16H2,1H3. The summed E-state index contributed by atoms with van der Waals surface area (Å²) in [6.07, 6.45) is 2.62. The maximum atomic E-state index is 12.6. The van der Waals surface area contributed by atoms with Crippen molar-refractivity contribution in [2.75, 3.05) is 18.0 Å². The number of halogens is 1. The van der Waals surface area contributed by atoms with E-state index >= 15 is 0 Å². The fourth-order valence-electron chi connectivity index (χ4n) is 3.51. The van der Waals surface area contributed by atoms with Gasteiger partial charge in [-0.1, -0.05) is 37.3 Å². The zero-order valence-corrected chi connectivity index (χ0v) is 16.9. The molecule has 0 aliphatic carbocycles. The van der Waals surface area contributed by atoms with Crippen molar-refractivity contribution in [2.45, 2.75) is 38.8 Å². The molecule has 0 radical (unpaired) electrons. The smallest absolute Gasteiger partial charge is 0.226 e. The third kappa shape index (κ3) is 4.82. The Bertz CT molecular complexity index is 679. The lowest BCUT2D eigenvalue weighted by Crippen LogP contribution is -2.47. The number of piperidine rings is 1. The van der Waals surface area contributed by atoms with Gasteiger partial charge in [0.05, 0.1) is 0 Å². The second kappa shape index (κ2) is 8.81. The summed E-state index contributed by atoms with van der Waals surface area (Å²) in [6.45, 7) is 5.03. The molecule has 0 N–H and O–H groups in total. The molecule has 25 heavy (non-hydrogen) atoms. The van der Waals surface area contributed by atoms with Crippen molar-refractivity contribution in [1.82, 2.24) is 4.90 Å². The minimum Gasteiger partial charge on any atom is -0.309 e. The van der Waals surface area contributed by atoms with Gasteiger partial charge in [0.15, 0.2) is 0 Å². The summed E-state index contributed by atoms with van der Waals surface area (Å²) in [5.74, 6) is 0.225. The van der Waals surface area contributed by atoms with Gasteiger partial charge in [-0.2, -0.15) is 0 Å². The van der Waals surface area contributed by atoms with Crippen LogP contribution in [0.4, 0.5) is 5.69 Å². The zero-order valence-electron chi connectivity index (χ0n) is 14.7. The Hall–Kier alpha value is -1.40. The van der Waals surface area contributed by atoms with Crippen molar-refractivity contribution in [2.24, 2.45) is 0 Å². The number of rotatable bonds is 5. The Morgan fingerprint density at radius 3 is 2.32 bits per heavy atom. The molecule has 0 spiro atoms. The van der Waals surface area contributed by atoms with Crippen molar-refractivity contribution in [3.63, 3.8) is 0 Å². The van der Waals surface area contributed by atoms with E-state index in [4.69, 9.17) is 0 Å². The molecular weight excluding hydrogens is 423 g/mol. The van der Waals surface area contributed by atoms with Gasteiger partial charge in [-0.25, -0.2) is 0 Å². The van der Waals surface area contributed by atoms with Crippen LogP contribution in [0.2, 0.25) is 0 Å². The van der Waals surface area contributed by atoms with Crippen molar-refractivity contribution in [1.29, 1.82) is 0 Å². The molecule has 132 valence electrons. The van der Waals surface area contributed by atoms with Crippen LogP contribution in [-0.2, 0) is 11.3 Å².